The van der Waals surface area contributed by atoms with Crippen molar-refractivity contribution in [2.45, 2.75) is 17.7 Å². The first kappa shape index (κ1) is 22.7. The molecule has 0 unspecified atom stereocenters. The number of hydrogen-bond acceptors (Lipinski definition) is 5. The molecule has 1 amide bonds. The summed E-state index contributed by atoms with van der Waals surface area (Å²) in [6.45, 7) is 0.492. The van der Waals surface area contributed by atoms with Crippen molar-refractivity contribution in [3.05, 3.63) is 46.4 Å². The van der Waals surface area contributed by atoms with E-state index in [4.69, 9.17) is 32.7 Å². The summed E-state index contributed by atoms with van der Waals surface area (Å²) in [7, 11) is -0.767. The van der Waals surface area contributed by atoms with E-state index in [1.165, 1.54) is 30.7 Å². The number of carbonyl (C=O) groups is 1. The van der Waals surface area contributed by atoms with Gasteiger partial charge in [-0.1, -0.05) is 23.2 Å². The number of halogens is 2. The normalized spacial score (nSPS) is 15.6. The summed E-state index contributed by atoms with van der Waals surface area (Å²) < 4.78 is 37.7. The number of rotatable bonds is 6. The fraction of sp³-hybridized carbons (Fsp3) is 0.350. The highest BCUT2D eigenvalue weighted by atomic mass is 35.5. The van der Waals surface area contributed by atoms with Gasteiger partial charge in [-0.3, -0.25) is 4.79 Å². The molecule has 1 N–H and O–H groups in total. The van der Waals surface area contributed by atoms with Gasteiger partial charge in [0.25, 0.3) is 0 Å². The lowest BCUT2D eigenvalue weighted by molar-refractivity contribution is -0.120. The van der Waals surface area contributed by atoms with E-state index in [-0.39, 0.29) is 29.8 Å². The molecule has 1 fully saturated rings. The van der Waals surface area contributed by atoms with Gasteiger partial charge in [0, 0.05) is 30.8 Å². The molecule has 0 spiro atoms. The van der Waals surface area contributed by atoms with Crippen LogP contribution in [0.1, 0.15) is 12.8 Å². The van der Waals surface area contributed by atoms with Crippen LogP contribution in [0.15, 0.2) is 41.3 Å². The van der Waals surface area contributed by atoms with Gasteiger partial charge in [0.1, 0.15) is 0 Å². The number of carbonyl (C=O) groups excluding carboxylic acids is 1. The maximum absolute atomic E-state index is 13.0. The lowest BCUT2D eigenvalue weighted by Crippen LogP contribution is -2.41. The van der Waals surface area contributed by atoms with Crippen molar-refractivity contribution >= 4 is 44.8 Å². The number of nitrogens with one attached hydrogen (secondary N) is 1. The molecular weight excluding hydrogens is 451 g/mol. The van der Waals surface area contributed by atoms with Crippen LogP contribution in [-0.4, -0.2) is 45.9 Å². The van der Waals surface area contributed by atoms with Gasteiger partial charge in [-0.05, 0) is 43.2 Å². The molecule has 2 aromatic rings. The van der Waals surface area contributed by atoms with E-state index < -0.39 is 10.0 Å². The Labute approximate surface area is 185 Å². The maximum Gasteiger partial charge on any atom is 0.243 e. The third kappa shape index (κ3) is 4.83. The van der Waals surface area contributed by atoms with E-state index in [1.807, 2.05) is 0 Å². The second kappa shape index (κ2) is 9.43. The molecule has 7 nitrogen and oxygen atoms in total. The zero-order valence-corrected chi connectivity index (χ0v) is 18.9. The summed E-state index contributed by atoms with van der Waals surface area (Å²) in [6.07, 6.45) is 0.833. The smallest absolute Gasteiger partial charge is 0.243 e. The Morgan fingerprint density at radius 2 is 1.67 bits per heavy atom. The molecule has 3 rings (SSSR count). The van der Waals surface area contributed by atoms with E-state index in [9.17, 15) is 13.2 Å². The number of nitrogens with zero attached hydrogens (tertiary/aromatic N) is 1. The number of sulfonamides is 1. The summed E-state index contributed by atoms with van der Waals surface area (Å²) in [6, 6.07) is 9.35. The Balaban J connectivity index is 1.65. The number of amides is 1. The van der Waals surface area contributed by atoms with Gasteiger partial charge < -0.3 is 14.8 Å². The van der Waals surface area contributed by atoms with Crippen LogP contribution in [0.2, 0.25) is 10.0 Å². The Bertz CT molecular complexity index is 1040. The van der Waals surface area contributed by atoms with Crippen molar-refractivity contribution in [1.29, 1.82) is 0 Å². The summed E-state index contributed by atoms with van der Waals surface area (Å²) in [4.78, 5) is 12.7. The topological polar surface area (TPSA) is 84.9 Å². The number of hydrogen-bond donors (Lipinski definition) is 1. The molecule has 0 aromatic heterocycles. The molecule has 30 heavy (non-hydrogen) atoms. The van der Waals surface area contributed by atoms with Crippen molar-refractivity contribution in [2.75, 3.05) is 32.6 Å². The van der Waals surface area contributed by atoms with Crippen LogP contribution < -0.4 is 14.8 Å². The van der Waals surface area contributed by atoms with Gasteiger partial charge in [0.05, 0.1) is 29.2 Å². The molecule has 0 radical (unpaired) electrons. The van der Waals surface area contributed by atoms with Crippen LogP contribution in [0.25, 0.3) is 0 Å². The second-order valence-electron chi connectivity index (χ2n) is 6.81. The predicted molar refractivity (Wildman–Crippen MR) is 116 cm³/mol. The van der Waals surface area contributed by atoms with E-state index in [0.29, 0.717) is 40.1 Å². The van der Waals surface area contributed by atoms with Gasteiger partial charge in [0.15, 0.2) is 11.5 Å². The summed E-state index contributed by atoms with van der Waals surface area (Å²) in [5.41, 5.74) is 0.551. The van der Waals surface area contributed by atoms with Crippen LogP contribution >= 0.6 is 23.2 Å². The third-order valence-electron chi connectivity index (χ3n) is 5.00. The Kier molecular flexibility index (Phi) is 7.13. The summed E-state index contributed by atoms with van der Waals surface area (Å²) >= 11 is 11.9. The molecule has 1 saturated heterocycles. The minimum absolute atomic E-state index is 0.124. The van der Waals surface area contributed by atoms with E-state index in [1.54, 1.807) is 24.3 Å². The Morgan fingerprint density at radius 3 is 2.27 bits per heavy atom. The first-order chi connectivity index (χ1) is 14.3. The fourth-order valence-corrected chi connectivity index (χ4v) is 5.09. The van der Waals surface area contributed by atoms with Crippen LogP contribution in [0, 0.1) is 5.92 Å². The van der Waals surface area contributed by atoms with E-state index >= 15 is 0 Å². The van der Waals surface area contributed by atoms with Crippen molar-refractivity contribution < 1.29 is 22.7 Å². The van der Waals surface area contributed by atoms with Gasteiger partial charge >= 0.3 is 0 Å². The highest BCUT2D eigenvalue weighted by Crippen LogP contribution is 2.32. The van der Waals surface area contributed by atoms with E-state index in [2.05, 4.69) is 5.32 Å². The number of anilines is 1. The molecule has 1 heterocycles. The SMILES string of the molecule is COc1ccc(S(=O)(=O)N2CCC(C(=O)Nc3ccc(Cl)c(Cl)c3)CC2)cc1OC. The second-order valence-corrected chi connectivity index (χ2v) is 9.57. The predicted octanol–water partition coefficient (Wildman–Crippen LogP) is 4.05. The number of benzene rings is 2. The maximum atomic E-state index is 13.0. The molecule has 1 aliphatic rings. The standard InChI is InChI=1S/C20H22Cl2N2O5S/c1-28-18-6-4-15(12-19(18)29-2)30(26,27)24-9-7-13(8-10-24)20(25)23-14-3-5-16(21)17(22)11-14/h3-6,11-13H,7-10H2,1-2H3,(H,23,25). The van der Waals surface area contributed by atoms with Crippen molar-refractivity contribution in [3.8, 4) is 11.5 Å². The first-order valence-electron chi connectivity index (χ1n) is 9.24. The van der Waals surface area contributed by atoms with Gasteiger partial charge in [-0.25, -0.2) is 8.42 Å². The lowest BCUT2D eigenvalue weighted by atomic mass is 9.97. The van der Waals surface area contributed by atoms with E-state index in [0.717, 1.165) is 0 Å². The molecule has 0 bridgehead atoms. The minimum atomic E-state index is -3.70. The Hall–Kier alpha value is -2.00. The largest absolute Gasteiger partial charge is 0.493 e. The minimum Gasteiger partial charge on any atom is -0.493 e. The zero-order chi connectivity index (χ0) is 21.9. The molecule has 10 heteroatoms. The molecule has 1 aliphatic heterocycles. The van der Waals surface area contributed by atoms with Crippen LogP contribution in [0.4, 0.5) is 5.69 Å². The quantitative estimate of drug-likeness (QED) is 0.685. The average molecular weight is 473 g/mol. The molecule has 162 valence electrons. The molecule has 0 aliphatic carbocycles. The van der Waals surface area contributed by atoms with Crippen LogP contribution in [0.3, 0.4) is 0 Å². The molecule has 0 saturated carbocycles. The van der Waals surface area contributed by atoms with Gasteiger partial charge in [0.2, 0.25) is 15.9 Å². The monoisotopic (exact) mass is 472 g/mol. The number of ether oxygens (including phenoxy) is 2. The zero-order valence-electron chi connectivity index (χ0n) is 16.5. The van der Waals surface area contributed by atoms with Crippen molar-refractivity contribution in [3.63, 3.8) is 0 Å². The van der Waals surface area contributed by atoms with Crippen molar-refractivity contribution in [1.82, 2.24) is 4.31 Å². The summed E-state index contributed by atoms with van der Waals surface area (Å²) in [5.74, 6) is 0.330. The highest BCUT2D eigenvalue weighted by Gasteiger charge is 2.32. The fourth-order valence-electron chi connectivity index (χ4n) is 3.30. The highest BCUT2D eigenvalue weighted by molar-refractivity contribution is 7.89. The average Bonchev–Trinajstić information content (AvgIpc) is 2.75. The van der Waals surface area contributed by atoms with Gasteiger partial charge in [-0.2, -0.15) is 4.31 Å². The molecule has 2 aromatic carbocycles. The lowest BCUT2D eigenvalue weighted by Gasteiger charge is -2.30. The Morgan fingerprint density at radius 1 is 1.00 bits per heavy atom. The van der Waals surface area contributed by atoms with Crippen LogP contribution in [-0.2, 0) is 14.8 Å². The van der Waals surface area contributed by atoms with Crippen molar-refractivity contribution in [2.24, 2.45) is 5.92 Å². The van der Waals surface area contributed by atoms with Gasteiger partial charge in [-0.15, -0.1) is 0 Å². The first-order valence-corrected chi connectivity index (χ1v) is 11.4. The number of methoxy groups -OCH3 is 2. The number of piperidine rings is 1. The molecular formula is C20H22Cl2N2O5S. The third-order valence-corrected chi connectivity index (χ3v) is 7.64. The molecule has 0 atom stereocenters. The summed E-state index contributed by atoms with van der Waals surface area (Å²) in [5, 5.41) is 3.57. The van der Waals surface area contributed by atoms with Crippen LogP contribution in [0.5, 0.6) is 11.5 Å².